The van der Waals surface area contributed by atoms with Crippen molar-refractivity contribution in [2.75, 3.05) is 0 Å². The van der Waals surface area contributed by atoms with Crippen LogP contribution in [0.5, 0.6) is 5.75 Å². The minimum Gasteiger partial charge on any atom is -0.545 e. The van der Waals surface area contributed by atoms with Gasteiger partial charge in [0.1, 0.15) is 5.75 Å². The van der Waals surface area contributed by atoms with Crippen molar-refractivity contribution in [3.8, 4) is 5.75 Å². The van der Waals surface area contributed by atoms with Crippen LogP contribution in [0, 0.1) is 0 Å². The number of hydrogen-bond donors (Lipinski definition) is 0. The Morgan fingerprint density at radius 2 is 2.07 bits per heavy atom. The van der Waals surface area contributed by atoms with E-state index in [0.717, 1.165) is 0 Å². The van der Waals surface area contributed by atoms with E-state index >= 15 is 0 Å². The summed E-state index contributed by atoms with van der Waals surface area (Å²) in [7, 11) is 0. The molecule has 1 aromatic rings. The first kappa shape index (κ1) is 10.7. The van der Waals surface area contributed by atoms with E-state index in [1.54, 1.807) is 0 Å². The fourth-order valence-electron chi connectivity index (χ4n) is 0.863. The Morgan fingerprint density at radius 3 is 2.57 bits per heavy atom. The molecule has 0 atom stereocenters. The van der Waals surface area contributed by atoms with E-state index in [2.05, 4.69) is 15.9 Å². The third kappa shape index (κ3) is 2.56. The number of benzene rings is 1. The highest BCUT2D eigenvalue weighted by molar-refractivity contribution is 9.10. The number of aromatic carboxylic acids is 1. The molecule has 0 heterocycles. The predicted molar refractivity (Wildman–Crippen MR) is 49.8 cm³/mol. The summed E-state index contributed by atoms with van der Waals surface area (Å²) in [5.41, 5.74) is -0.0375. The molecule has 14 heavy (non-hydrogen) atoms. The van der Waals surface area contributed by atoms with Crippen molar-refractivity contribution in [2.24, 2.45) is 0 Å². The van der Waals surface area contributed by atoms with Crippen LogP contribution in [0.25, 0.3) is 0 Å². The molecular weight excluding hydrogens is 252 g/mol. The minimum absolute atomic E-state index is 0.0375. The molecule has 1 aromatic carbocycles. The van der Waals surface area contributed by atoms with Gasteiger partial charge in [-0.15, -0.1) is 0 Å². The average Bonchev–Trinajstić information content (AvgIpc) is 2.07. The molecule has 0 aliphatic carbocycles. The van der Waals surface area contributed by atoms with Gasteiger partial charge in [-0.05, 0) is 28.1 Å². The molecule has 0 spiro atoms. The molecule has 0 aliphatic heterocycles. The lowest BCUT2D eigenvalue weighted by molar-refractivity contribution is -0.255. The minimum atomic E-state index is -1.31. The Bertz CT molecular complexity index is 386. The van der Waals surface area contributed by atoms with Crippen LogP contribution in [-0.4, -0.2) is 11.9 Å². The maximum Gasteiger partial charge on any atom is 0.308 e. The summed E-state index contributed by atoms with van der Waals surface area (Å²) in [6, 6.07) is 4.05. The molecule has 1 rings (SSSR count). The molecule has 0 radical (unpaired) electrons. The molecule has 4 nitrogen and oxygen atoms in total. The highest BCUT2D eigenvalue weighted by atomic mass is 79.9. The van der Waals surface area contributed by atoms with Crippen LogP contribution in [0.3, 0.4) is 0 Å². The van der Waals surface area contributed by atoms with Crippen molar-refractivity contribution >= 4 is 27.9 Å². The van der Waals surface area contributed by atoms with Crippen molar-refractivity contribution < 1.29 is 19.4 Å². The highest BCUT2D eigenvalue weighted by Crippen LogP contribution is 2.25. The lowest BCUT2D eigenvalue weighted by Gasteiger charge is -2.07. The lowest BCUT2D eigenvalue weighted by atomic mass is 10.2. The zero-order valence-electron chi connectivity index (χ0n) is 7.24. The Balaban J connectivity index is 3.08. The molecule has 0 saturated carbocycles. The van der Waals surface area contributed by atoms with Crippen LogP contribution in [0.2, 0.25) is 0 Å². The average molecular weight is 258 g/mol. The zero-order valence-corrected chi connectivity index (χ0v) is 8.83. The maximum absolute atomic E-state index is 10.6. The molecule has 5 heteroatoms. The molecule has 0 fully saturated rings. The summed E-state index contributed by atoms with van der Waals surface area (Å²) >= 11 is 3.12. The van der Waals surface area contributed by atoms with Gasteiger partial charge in [0.05, 0.1) is 10.4 Å². The molecular formula is C9H6BrO4-. The first-order valence-corrected chi connectivity index (χ1v) is 4.49. The van der Waals surface area contributed by atoms with Crippen LogP contribution in [0.4, 0.5) is 0 Å². The van der Waals surface area contributed by atoms with Gasteiger partial charge in [0.25, 0.3) is 0 Å². The van der Waals surface area contributed by atoms with E-state index in [1.165, 1.54) is 25.1 Å². The van der Waals surface area contributed by atoms with Gasteiger partial charge in [-0.1, -0.05) is 6.07 Å². The summed E-state index contributed by atoms with van der Waals surface area (Å²) in [6.07, 6.45) is 0. The number of hydrogen-bond acceptors (Lipinski definition) is 4. The van der Waals surface area contributed by atoms with E-state index in [0.29, 0.717) is 4.47 Å². The number of carbonyl (C=O) groups excluding carboxylic acids is 2. The van der Waals surface area contributed by atoms with E-state index in [4.69, 9.17) is 4.74 Å². The lowest BCUT2D eigenvalue weighted by Crippen LogP contribution is -2.22. The van der Waals surface area contributed by atoms with Gasteiger partial charge in [-0.25, -0.2) is 0 Å². The van der Waals surface area contributed by atoms with Crippen LogP contribution in [0.15, 0.2) is 22.7 Å². The number of carboxylic acids is 1. The molecule has 0 saturated heterocycles. The van der Waals surface area contributed by atoms with Crippen LogP contribution < -0.4 is 9.84 Å². The standard InChI is InChI=1S/C9H7BrO4/c1-5(11)14-8-4-6(9(12)13)2-3-7(8)10/h2-4H,1H3,(H,12,13)/p-1. The van der Waals surface area contributed by atoms with E-state index in [-0.39, 0.29) is 11.3 Å². The number of rotatable bonds is 2. The number of carbonyl (C=O) groups is 2. The summed E-state index contributed by atoms with van der Waals surface area (Å²) in [4.78, 5) is 21.1. The molecule has 0 amide bonds. The number of carboxylic acid groups (broad SMARTS) is 1. The van der Waals surface area contributed by atoms with Crippen molar-refractivity contribution in [3.05, 3.63) is 28.2 Å². The Hall–Kier alpha value is -1.36. The number of esters is 1. The normalized spacial score (nSPS) is 9.57. The van der Waals surface area contributed by atoms with Gasteiger partial charge in [0.2, 0.25) is 0 Å². The van der Waals surface area contributed by atoms with E-state index in [1.807, 2.05) is 0 Å². The SMILES string of the molecule is CC(=O)Oc1cc(C(=O)[O-])ccc1Br. The molecule has 74 valence electrons. The van der Waals surface area contributed by atoms with Gasteiger partial charge in [-0.3, -0.25) is 4.79 Å². The van der Waals surface area contributed by atoms with Crippen molar-refractivity contribution in [3.63, 3.8) is 0 Å². The van der Waals surface area contributed by atoms with Crippen LogP contribution in [0.1, 0.15) is 17.3 Å². The molecule has 0 N–H and O–H groups in total. The second-order valence-corrected chi connectivity index (χ2v) is 3.38. The first-order chi connectivity index (χ1) is 6.50. The van der Waals surface area contributed by atoms with Gasteiger partial charge >= 0.3 is 5.97 Å². The fraction of sp³-hybridized carbons (Fsp3) is 0.111. The van der Waals surface area contributed by atoms with Crippen LogP contribution >= 0.6 is 15.9 Å². The molecule has 0 aliphatic rings. The third-order valence-electron chi connectivity index (χ3n) is 1.42. The Kier molecular flexibility index (Phi) is 3.24. The molecule has 0 unspecified atom stereocenters. The van der Waals surface area contributed by atoms with Gasteiger partial charge < -0.3 is 14.6 Å². The number of halogens is 1. The van der Waals surface area contributed by atoms with Gasteiger partial charge in [0, 0.05) is 12.5 Å². The van der Waals surface area contributed by atoms with E-state index in [9.17, 15) is 14.7 Å². The second kappa shape index (κ2) is 4.23. The smallest absolute Gasteiger partial charge is 0.308 e. The van der Waals surface area contributed by atoms with Crippen molar-refractivity contribution in [1.82, 2.24) is 0 Å². The number of ether oxygens (including phenoxy) is 1. The highest BCUT2D eigenvalue weighted by Gasteiger charge is 2.05. The summed E-state index contributed by atoms with van der Waals surface area (Å²) in [5, 5.41) is 10.5. The van der Waals surface area contributed by atoms with Gasteiger partial charge in [0.15, 0.2) is 0 Å². The third-order valence-corrected chi connectivity index (χ3v) is 2.08. The summed E-state index contributed by atoms with van der Waals surface area (Å²) in [6.45, 7) is 1.23. The predicted octanol–water partition coefficient (Wildman–Crippen LogP) is 0.738. The largest absolute Gasteiger partial charge is 0.545 e. The topological polar surface area (TPSA) is 66.4 Å². The van der Waals surface area contributed by atoms with E-state index < -0.39 is 11.9 Å². The molecule has 0 bridgehead atoms. The fourth-order valence-corrected chi connectivity index (χ4v) is 1.19. The monoisotopic (exact) mass is 257 g/mol. The summed E-state index contributed by atoms with van der Waals surface area (Å²) in [5.74, 6) is -1.66. The van der Waals surface area contributed by atoms with Crippen molar-refractivity contribution in [1.29, 1.82) is 0 Å². The zero-order chi connectivity index (χ0) is 10.7. The van der Waals surface area contributed by atoms with Crippen LogP contribution in [-0.2, 0) is 4.79 Å². The summed E-state index contributed by atoms with van der Waals surface area (Å²) < 4.78 is 5.27. The van der Waals surface area contributed by atoms with Gasteiger partial charge in [-0.2, -0.15) is 0 Å². The first-order valence-electron chi connectivity index (χ1n) is 3.70. The molecule has 0 aromatic heterocycles. The second-order valence-electron chi connectivity index (χ2n) is 2.53. The van der Waals surface area contributed by atoms with Crippen molar-refractivity contribution in [2.45, 2.75) is 6.92 Å². The quantitative estimate of drug-likeness (QED) is 0.579. The maximum atomic E-state index is 10.6. The Morgan fingerprint density at radius 1 is 1.43 bits per heavy atom. The Labute approximate surface area is 88.6 Å².